The van der Waals surface area contributed by atoms with Crippen molar-refractivity contribution in [2.45, 2.75) is 11.2 Å². The minimum Gasteiger partial charge on any atom is -0.355 e. The third kappa shape index (κ3) is 3.27. The highest BCUT2D eigenvalue weighted by molar-refractivity contribution is 7.89. The molecule has 2 N–H and O–H groups in total. The Morgan fingerprint density at radius 3 is 2.67 bits per heavy atom. The zero-order valence-corrected chi connectivity index (χ0v) is 9.24. The van der Waals surface area contributed by atoms with Gasteiger partial charge in [-0.1, -0.05) is 0 Å². The highest BCUT2D eigenvalue weighted by Gasteiger charge is 2.17. The fraction of sp³-hybridized carbons (Fsp3) is 0.571. The highest BCUT2D eigenvalue weighted by atomic mass is 32.2. The Bertz CT molecular complexity index is 371. The standard InChI is InChI=1S/C7H13N3O4S/c1-13-7(14-2)5-10-15(11,12)6-3-8-9-4-6/h3-4,7,10H,5H2,1-2H3,(H,8,9). The van der Waals surface area contributed by atoms with E-state index in [1.807, 2.05) is 0 Å². The smallest absolute Gasteiger partial charge is 0.243 e. The number of H-pyrrole nitrogens is 1. The van der Waals surface area contributed by atoms with E-state index in [4.69, 9.17) is 9.47 Å². The molecule has 0 saturated carbocycles. The van der Waals surface area contributed by atoms with Crippen molar-refractivity contribution in [2.24, 2.45) is 0 Å². The van der Waals surface area contributed by atoms with Crippen molar-refractivity contribution in [1.29, 1.82) is 0 Å². The molecule has 0 bridgehead atoms. The van der Waals surface area contributed by atoms with Crippen LogP contribution in [0.4, 0.5) is 0 Å². The van der Waals surface area contributed by atoms with Crippen molar-refractivity contribution in [3.05, 3.63) is 12.4 Å². The van der Waals surface area contributed by atoms with Crippen LogP contribution in [0.25, 0.3) is 0 Å². The van der Waals surface area contributed by atoms with Crippen LogP contribution in [0.1, 0.15) is 0 Å². The number of methoxy groups -OCH3 is 2. The lowest BCUT2D eigenvalue weighted by atomic mass is 10.6. The van der Waals surface area contributed by atoms with Gasteiger partial charge in [0.25, 0.3) is 0 Å². The van der Waals surface area contributed by atoms with Gasteiger partial charge in [-0.25, -0.2) is 13.1 Å². The number of aromatic nitrogens is 2. The second kappa shape index (κ2) is 5.21. The van der Waals surface area contributed by atoms with Crippen LogP contribution >= 0.6 is 0 Å². The second-order valence-corrected chi connectivity index (χ2v) is 4.45. The van der Waals surface area contributed by atoms with E-state index in [-0.39, 0.29) is 11.4 Å². The molecule has 0 radical (unpaired) electrons. The molecule has 1 rings (SSSR count). The number of hydrogen-bond acceptors (Lipinski definition) is 5. The Labute approximate surface area is 87.8 Å². The van der Waals surface area contributed by atoms with Gasteiger partial charge in [0.2, 0.25) is 10.0 Å². The van der Waals surface area contributed by atoms with Crippen LogP contribution in [0, 0.1) is 0 Å². The Hall–Kier alpha value is -0.960. The average Bonchev–Trinajstić information content (AvgIpc) is 2.72. The van der Waals surface area contributed by atoms with Crippen molar-refractivity contribution in [3.63, 3.8) is 0 Å². The number of nitrogens with one attached hydrogen (secondary N) is 2. The van der Waals surface area contributed by atoms with Gasteiger partial charge in [-0.2, -0.15) is 5.10 Å². The molecule has 0 aromatic carbocycles. The zero-order valence-electron chi connectivity index (χ0n) is 8.43. The Morgan fingerprint density at radius 1 is 1.53 bits per heavy atom. The van der Waals surface area contributed by atoms with Crippen LogP contribution in [0.15, 0.2) is 17.3 Å². The minimum absolute atomic E-state index is 0.0422. The number of sulfonamides is 1. The summed E-state index contributed by atoms with van der Waals surface area (Å²) in [6.07, 6.45) is 1.90. The molecule has 0 amide bonds. The summed E-state index contributed by atoms with van der Waals surface area (Å²) >= 11 is 0. The monoisotopic (exact) mass is 235 g/mol. The van der Waals surface area contributed by atoms with Gasteiger partial charge in [0.1, 0.15) is 4.90 Å². The first-order chi connectivity index (χ1) is 7.10. The molecule has 86 valence electrons. The van der Waals surface area contributed by atoms with Gasteiger partial charge in [0.05, 0.1) is 12.7 Å². The summed E-state index contributed by atoms with van der Waals surface area (Å²) < 4.78 is 35.1. The summed E-state index contributed by atoms with van der Waals surface area (Å²) in [5.74, 6) is 0. The number of aromatic amines is 1. The summed E-state index contributed by atoms with van der Waals surface area (Å²) in [6, 6.07) is 0. The van der Waals surface area contributed by atoms with E-state index >= 15 is 0 Å². The highest BCUT2D eigenvalue weighted by Crippen LogP contribution is 2.04. The maximum atomic E-state index is 11.5. The molecule has 0 aliphatic heterocycles. The Kier molecular flexibility index (Phi) is 4.21. The molecule has 15 heavy (non-hydrogen) atoms. The van der Waals surface area contributed by atoms with Gasteiger partial charge in [-0.15, -0.1) is 0 Å². The van der Waals surface area contributed by atoms with Gasteiger partial charge in [0, 0.05) is 20.4 Å². The van der Waals surface area contributed by atoms with Crippen molar-refractivity contribution in [2.75, 3.05) is 20.8 Å². The van der Waals surface area contributed by atoms with Crippen molar-refractivity contribution >= 4 is 10.0 Å². The van der Waals surface area contributed by atoms with Gasteiger partial charge < -0.3 is 9.47 Å². The molecule has 0 aliphatic carbocycles. The molecule has 0 unspecified atom stereocenters. The van der Waals surface area contributed by atoms with E-state index in [9.17, 15) is 8.42 Å². The van der Waals surface area contributed by atoms with Gasteiger partial charge in [-0.05, 0) is 0 Å². The molecule has 7 nitrogen and oxygen atoms in total. The first-order valence-corrected chi connectivity index (χ1v) is 5.62. The third-order valence-electron chi connectivity index (χ3n) is 1.75. The van der Waals surface area contributed by atoms with Crippen LogP contribution in [-0.4, -0.2) is 45.7 Å². The largest absolute Gasteiger partial charge is 0.355 e. The molecule has 1 aromatic rings. The number of hydrogen-bond donors (Lipinski definition) is 2. The van der Waals surface area contributed by atoms with E-state index in [1.54, 1.807) is 0 Å². The maximum Gasteiger partial charge on any atom is 0.243 e. The molecule has 1 heterocycles. The summed E-state index contributed by atoms with van der Waals surface area (Å²) in [6.45, 7) is 0.0422. The summed E-state index contributed by atoms with van der Waals surface area (Å²) in [5.41, 5.74) is 0. The lowest BCUT2D eigenvalue weighted by molar-refractivity contribution is -0.0960. The van der Waals surface area contributed by atoms with Gasteiger partial charge in [-0.3, -0.25) is 5.10 Å². The second-order valence-electron chi connectivity index (χ2n) is 2.69. The summed E-state index contributed by atoms with van der Waals surface area (Å²) in [7, 11) is -0.674. The predicted molar refractivity (Wildman–Crippen MR) is 51.6 cm³/mol. The van der Waals surface area contributed by atoms with Crippen LogP contribution < -0.4 is 4.72 Å². The number of nitrogens with zero attached hydrogens (tertiary/aromatic N) is 1. The molecule has 0 saturated heterocycles. The van der Waals surface area contributed by atoms with Gasteiger partial charge in [0.15, 0.2) is 6.29 Å². The number of ether oxygens (including phenoxy) is 2. The SMILES string of the molecule is COC(CNS(=O)(=O)c1cn[nH]c1)OC. The van der Waals surface area contributed by atoms with Gasteiger partial charge >= 0.3 is 0 Å². The molecular weight excluding hydrogens is 222 g/mol. The molecule has 8 heteroatoms. The molecule has 0 spiro atoms. The van der Waals surface area contributed by atoms with E-state index in [0.29, 0.717) is 0 Å². The molecule has 0 aliphatic rings. The fourth-order valence-electron chi connectivity index (χ4n) is 0.910. The topological polar surface area (TPSA) is 93.3 Å². The molecule has 1 aromatic heterocycles. The maximum absolute atomic E-state index is 11.5. The first kappa shape index (κ1) is 12.1. The Morgan fingerprint density at radius 2 is 2.20 bits per heavy atom. The van der Waals surface area contributed by atoms with E-state index < -0.39 is 16.3 Å². The Balaban J connectivity index is 2.59. The summed E-state index contributed by atoms with van der Waals surface area (Å²) in [4.78, 5) is 0.0773. The van der Waals surface area contributed by atoms with E-state index in [2.05, 4.69) is 14.9 Å². The van der Waals surface area contributed by atoms with Crippen molar-refractivity contribution in [3.8, 4) is 0 Å². The predicted octanol–water partition coefficient (Wildman–Crippen LogP) is -0.693. The molecule has 0 fully saturated rings. The first-order valence-electron chi connectivity index (χ1n) is 4.14. The minimum atomic E-state index is -3.54. The third-order valence-corrected chi connectivity index (χ3v) is 3.14. The molecular formula is C7H13N3O4S. The van der Waals surface area contributed by atoms with Crippen LogP contribution in [-0.2, 0) is 19.5 Å². The van der Waals surface area contributed by atoms with Crippen LogP contribution in [0.5, 0.6) is 0 Å². The average molecular weight is 235 g/mol. The fourth-order valence-corrected chi connectivity index (χ4v) is 1.83. The van der Waals surface area contributed by atoms with Crippen LogP contribution in [0.3, 0.4) is 0 Å². The van der Waals surface area contributed by atoms with Crippen molar-refractivity contribution in [1.82, 2.24) is 14.9 Å². The lowest BCUT2D eigenvalue weighted by Crippen LogP contribution is -2.34. The quantitative estimate of drug-likeness (QED) is 0.636. The zero-order chi connectivity index (χ0) is 11.3. The van der Waals surface area contributed by atoms with Crippen molar-refractivity contribution < 1.29 is 17.9 Å². The normalized spacial score (nSPS) is 12.2. The van der Waals surface area contributed by atoms with E-state index in [0.717, 1.165) is 0 Å². The van der Waals surface area contributed by atoms with E-state index in [1.165, 1.54) is 26.6 Å². The lowest BCUT2D eigenvalue weighted by Gasteiger charge is -2.13. The summed E-state index contributed by atoms with van der Waals surface area (Å²) in [5, 5.41) is 5.97. The number of rotatable bonds is 6. The molecule has 0 atom stereocenters. The van der Waals surface area contributed by atoms with Crippen LogP contribution in [0.2, 0.25) is 0 Å².